The first-order valence-electron chi connectivity index (χ1n) is 9.54. The van der Waals surface area contributed by atoms with Gasteiger partial charge in [-0.15, -0.1) is 0 Å². The second-order valence-electron chi connectivity index (χ2n) is 6.80. The normalized spacial score (nSPS) is 10.8. The fourth-order valence-electron chi connectivity index (χ4n) is 2.53. The Morgan fingerprint density at radius 1 is 0.938 bits per heavy atom. The lowest BCUT2D eigenvalue weighted by molar-refractivity contribution is -0.122. The van der Waals surface area contributed by atoms with Gasteiger partial charge in [-0.25, -0.2) is 14.4 Å². The molecule has 0 heterocycles. The van der Waals surface area contributed by atoms with Gasteiger partial charge in [0, 0.05) is 11.4 Å². The zero-order valence-electron chi connectivity index (χ0n) is 17.8. The van der Waals surface area contributed by atoms with Crippen LogP contribution in [0.4, 0.5) is 27.5 Å². The average Bonchev–Trinajstić information content (AvgIpc) is 2.76. The number of nitrogens with one attached hydrogen (secondary N) is 2. The molecule has 10 nitrogen and oxygen atoms in total. The summed E-state index contributed by atoms with van der Waals surface area (Å²) in [7, 11) is 0. The van der Waals surface area contributed by atoms with Crippen molar-refractivity contribution in [1.82, 2.24) is 0 Å². The Balaban J connectivity index is 1.80. The van der Waals surface area contributed by atoms with Gasteiger partial charge in [-0.2, -0.15) is 9.98 Å². The van der Waals surface area contributed by atoms with E-state index in [1.165, 1.54) is 18.2 Å². The highest BCUT2D eigenvalue weighted by Crippen LogP contribution is 2.23. The van der Waals surface area contributed by atoms with E-state index < -0.39 is 18.1 Å². The number of rotatable bonds is 9. The van der Waals surface area contributed by atoms with E-state index >= 15 is 0 Å². The van der Waals surface area contributed by atoms with Crippen LogP contribution in [0.1, 0.15) is 18.1 Å². The summed E-state index contributed by atoms with van der Waals surface area (Å²) in [6.07, 6.45) is 1.61. The molecular weight excluding hydrogens is 416 g/mol. The predicted octanol–water partition coefficient (Wildman–Crippen LogP) is 3.83. The van der Waals surface area contributed by atoms with Crippen LogP contribution in [0.5, 0.6) is 0 Å². The van der Waals surface area contributed by atoms with Gasteiger partial charge >= 0.3 is 6.09 Å². The summed E-state index contributed by atoms with van der Waals surface area (Å²) in [5.74, 6) is -0.417. The number of carbonyl (C=O) groups is 2. The molecule has 0 spiro atoms. The van der Waals surface area contributed by atoms with E-state index in [0.29, 0.717) is 22.7 Å². The summed E-state index contributed by atoms with van der Waals surface area (Å²) in [5, 5.41) is 5.24. The summed E-state index contributed by atoms with van der Waals surface area (Å²) in [5.41, 5.74) is 3.20. The lowest BCUT2D eigenvalue weighted by atomic mass is 10.2. The van der Waals surface area contributed by atoms with Gasteiger partial charge in [0.25, 0.3) is 0 Å². The Bertz CT molecular complexity index is 1000. The Morgan fingerprint density at radius 3 is 2.00 bits per heavy atom. The van der Waals surface area contributed by atoms with Crippen LogP contribution in [0.15, 0.2) is 46.4 Å². The summed E-state index contributed by atoms with van der Waals surface area (Å²) in [6.45, 7) is 4.86. The number of anilines is 2. The number of aliphatic imine (C=N–C) groups is 2. The van der Waals surface area contributed by atoms with E-state index in [2.05, 4.69) is 20.6 Å². The van der Waals surface area contributed by atoms with Crippen molar-refractivity contribution in [1.29, 1.82) is 0 Å². The van der Waals surface area contributed by atoms with Crippen molar-refractivity contribution in [3.8, 4) is 0 Å². The van der Waals surface area contributed by atoms with Crippen LogP contribution in [-0.4, -0.2) is 43.5 Å². The standard InChI is InChI=1S/C22H22N4O6/c1-14-4-6-17(23-12-27)8-19(14)25-21(29)11-31-16(3)10-32-22(30)26-20-9-18(24-13-28)7-5-15(20)2/h4-9,16H,10-11H2,1-3H3,(H,25,29)(H,26,30). The van der Waals surface area contributed by atoms with Gasteiger partial charge in [-0.3, -0.25) is 10.1 Å². The van der Waals surface area contributed by atoms with E-state index in [9.17, 15) is 19.2 Å². The number of carbonyl (C=O) groups excluding carboxylic acids is 4. The molecule has 2 aromatic carbocycles. The van der Waals surface area contributed by atoms with Crippen molar-refractivity contribution in [2.45, 2.75) is 26.9 Å². The van der Waals surface area contributed by atoms with Crippen molar-refractivity contribution in [3.63, 3.8) is 0 Å². The van der Waals surface area contributed by atoms with Gasteiger partial charge < -0.3 is 14.8 Å². The minimum atomic E-state index is -0.719. The molecule has 10 heteroatoms. The van der Waals surface area contributed by atoms with Crippen molar-refractivity contribution in [2.75, 3.05) is 23.8 Å². The molecule has 0 bridgehead atoms. The van der Waals surface area contributed by atoms with Gasteiger partial charge in [0.05, 0.1) is 17.5 Å². The Kier molecular flexibility index (Phi) is 9.01. The molecule has 166 valence electrons. The van der Waals surface area contributed by atoms with Crippen LogP contribution in [0.3, 0.4) is 0 Å². The van der Waals surface area contributed by atoms with E-state index in [0.717, 1.165) is 11.1 Å². The molecule has 32 heavy (non-hydrogen) atoms. The first-order valence-corrected chi connectivity index (χ1v) is 9.54. The number of isocyanates is 2. The Hall–Kier alpha value is -4.10. The number of aryl methyl sites for hydroxylation is 2. The van der Waals surface area contributed by atoms with E-state index in [-0.39, 0.29) is 13.2 Å². The van der Waals surface area contributed by atoms with Crippen LogP contribution in [0.2, 0.25) is 0 Å². The largest absolute Gasteiger partial charge is 0.447 e. The smallest absolute Gasteiger partial charge is 0.411 e. The molecule has 0 aromatic heterocycles. The molecule has 0 aliphatic heterocycles. The fraction of sp³-hybridized carbons (Fsp3) is 0.273. The summed E-state index contributed by atoms with van der Waals surface area (Å²) < 4.78 is 10.5. The molecule has 2 amide bonds. The highest BCUT2D eigenvalue weighted by atomic mass is 16.6. The fourth-order valence-corrected chi connectivity index (χ4v) is 2.53. The first kappa shape index (κ1) is 24.2. The Labute approximate surface area is 184 Å². The van der Waals surface area contributed by atoms with Gasteiger partial charge in [-0.05, 0) is 56.2 Å². The molecule has 0 aliphatic carbocycles. The highest BCUT2D eigenvalue weighted by Gasteiger charge is 2.12. The predicted molar refractivity (Wildman–Crippen MR) is 117 cm³/mol. The lowest BCUT2D eigenvalue weighted by Gasteiger charge is -2.15. The molecule has 0 saturated heterocycles. The molecule has 1 unspecified atom stereocenters. The van der Waals surface area contributed by atoms with Crippen molar-refractivity contribution in [2.24, 2.45) is 9.98 Å². The maximum absolute atomic E-state index is 12.1. The van der Waals surface area contributed by atoms with Gasteiger partial charge in [0.15, 0.2) is 0 Å². The summed E-state index contributed by atoms with van der Waals surface area (Å²) in [6, 6.07) is 9.72. The van der Waals surface area contributed by atoms with Crippen molar-refractivity contribution in [3.05, 3.63) is 47.5 Å². The molecule has 0 saturated carbocycles. The molecule has 1 atom stereocenters. The number of nitrogens with zero attached hydrogens (tertiary/aromatic N) is 2. The van der Waals surface area contributed by atoms with Crippen LogP contribution in [0, 0.1) is 13.8 Å². The number of hydrogen-bond donors (Lipinski definition) is 2. The molecule has 2 rings (SSSR count). The Morgan fingerprint density at radius 2 is 1.47 bits per heavy atom. The molecule has 0 radical (unpaired) electrons. The van der Waals surface area contributed by atoms with Gasteiger partial charge in [0.1, 0.15) is 13.2 Å². The molecular formula is C22H22N4O6. The van der Waals surface area contributed by atoms with Gasteiger partial charge in [0.2, 0.25) is 18.1 Å². The quantitative estimate of drug-likeness (QED) is 0.451. The molecule has 2 N–H and O–H groups in total. The SMILES string of the molecule is Cc1ccc(N=C=O)cc1NC(=O)COC(C)COC(=O)Nc1cc(N=C=O)ccc1C. The number of amides is 2. The number of benzene rings is 2. The minimum absolute atomic E-state index is 0.0904. The molecule has 0 aliphatic rings. The topological polar surface area (TPSA) is 136 Å². The zero-order valence-corrected chi connectivity index (χ0v) is 17.8. The van der Waals surface area contributed by atoms with Gasteiger partial charge in [-0.1, -0.05) is 12.1 Å². The maximum Gasteiger partial charge on any atom is 0.411 e. The zero-order chi connectivity index (χ0) is 23.5. The van der Waals surface area contributed by atoms with Crippen LogP contribution in [0.25, 0.3) is 0 Å². The second-order valence-corrected chi connectivity index (χ2v) is 6.80. The summed E-state index contributed by atoms with van der Waals surface area (Å²) >= 11 is 0. The number of hydrogen-bond acceptors (Lipinski definition) is 8. The van der Waals surface area contributed by atoms with Crippen LogP contribution in [-0.2, 0) is 23.9 Å². The second kappa shape index (κ2) is 11.9. The lowest BCUT2D eigenvalue weighted by Crippen LogP contribution is -2.26. The van der Waals surface area contributed by atoms with E-state index in [1.54, 1.807) is 51.1 Å². The first-order chi connectivity index (χ1) is 15.3. The maximum atomic E-state index is 12.1. The molecule has 2 aromatic rings. The summed E-state index contributed by atoms with van der Waals surface area (Å²) in [4.78, 5) is 51.9. The van der Waals surface area contributed by atoms with Crippen LogP contribution >= 0.6 is 0 Å². The third-order valence-electron chi connectivity index (χ3n) is 4.25. The minimum Gasteiger partial charge on any atom is -0.447 e. The van der Waals surface area contributed by atoms with Crippen molar-refractivity contribution < 1.29 is 28.7 Å². The monoisotopic (exact) mass is 438 g/mol. The number of ether oxygens (including phenoxy) is 2. The highest BCUT2D eigenvalue weighted by molar-refractivity contribution is 5.93. The molecule has 0 fully saturated rings. The van der Waals surface area contributed by atoms with Crippen LogP contribution < -0.4 is 10.6 Å². The third-order valence-corrected chi connectivity index (χ3v) is 4.25. The van der Waals surface area contributed by atoms with Crippen molar-refractivity contribution >= 4 is 46.9 Å². The van der Waals surface area contributed by atoms with E-state index in [1.807, 2.05) is 0 Å². The third kappa shape index (κ3) is 7.62. The van der Waals surface area contributed by atoms with E-state index in [4.69, 9.17) is 9.47 Å². The average molecular weight is 438 g/mol.